The maximum Gasteiger partial charge on any atom is 0.0593 e. The number of methoxy groups -OCH3 is 1. The van der Waals surface area contributed by atoms with Crippen molar-refractivity contribution in [1.82, 2.24) is 10.2 Å². The summed E-state index contributed by atoms with van der Waals surface area (Å²) in [4.78, 5) is 2.63. The van der Waals surface area contributed by atoms with E-state index in [1.165, 1.54) is 6.42 Å². The molecule has 0 radical (unpaired) electrons. The van der Waals surface area contributed by atoms with Crippen molar-refractivity contribution in [3.05, 3.63) is 0 Å². The van der Waals surface area contributed by atoms with Gasteiger partial charge >= 0.3 is 0 Å². The summed E-state index contributed by atoms with van der Waals surface area (Å²) in [6, 6.07) is 1.26. The standard InChI is InChI=1S/C17H36N2O2/c1-6-15(4)16-13-19(17(12-18-16)14(2)3)8-11-21-10-7-9-20-5/h14-18H,6-13H2,1-5H3. The molecule has 0 aliphatic carbocycles. The van der Waals surface area contributed by atoms with Crippen LogP contribution in [0.5, 0.6) is 0 Å². The first kappa shape index (κ1) is 18.9. The molecule has 4 nitrogen and oxygen atoms in total. The number of nitrogens with one attached hydrogen (secondary N) is 1. The second kappa shape index (κ2) is 10.5. The zero-order valence-electron chi connectivity index (χ0n) is 14.7. The minimum atomic E-state index is 0.624. The van der Waals surface area contributed by atoms with Gasteiger partial charge in [0.2, 0.25) is 0 Å². The van der Waals surface area contributed by atoms with E-state index < -0.39 is 0 Å². The molecule has 1 heterocycles. The van der Waals surface area contributed by atoms with Crippen molar-refractivity contribution in [2.45, 2.75) is 52.6 Å². The molecule has 3 unspecified atom stereocenters. The Hall–Kier alpha value is -0.160. The summed E-state index contributed by atoms with van der Waals surface area (Å²) in [7, 11) is 1.74. The van der Waals surface area contributed by atoms with Crippen LogP contribution >= 0.6 is 0 Å². The Bertz CT molecular complexity index is 261. The molecule has 1 saturated heterocycles. The molecule has 0 saturated carbocycles. The highest BCUT2D eigenvalue weighted by Crippen LogP contribution is 2.19. The molecule has 21 heavy (non-hydrogen) atoms. The number of rotatable bonds is 10. The molecule has 0 aromatic heterocycles. The van der Waals surface area contributed by atoms with Crippen molar-refractivity contribution in [2.24, 2.45) is 11.8 Å². The van der Waals surface area contributed by atoms with E-state index in [-0.39, 0.29) is 0 Å². The second-order valence-electron chi connectivity index (χ2n) is 6.67. The molecule has 1 N–H and O–H groups in total. The summed E-state index contributed by atoms with van der Waals surface area (Å²) in [5.74, 6) is 1.42. The highest BCUT2D eigenvalue weighted by Gasteiger charge is 2.31. The predicted molar refractivity (Wildman–Crippen MR) is 88.8 cm³/mol. The van der Waals surface area contributed by atoms with Crippen LogP contribution in [0.3, 0.4) is 0 Å². The van der Waals surface area contributed by atoms with Gasteiger partial charge in [-0.15, -0.1) is 0 Å². The monoisotopic (exact) mass is 300 g/mol. The lowest BCUT2D eigenvalue weighted by atomic mass is 9.92. The van der Waals surface area contributed by atoms with Crippen LogP contribution in [0, 0.1) is 11.8 Å². The summed E-state index contributed by atoms with van der Waals surface area (Å²) < 4.78 is 10.8. The Morgan fingerprint density at radius 3 is 2.57 bits per heavy atom. The topological polar surface area (TPSA) is 33.7 Å². The highest BCUT2D eigenvalue weighted by molar-refractivity contribution is 4.89. The van der Waals surface area contributed by atoms with Crippen LogP contribution in [0.4, 0.5) is 0 Å². The lowest BCUT2D eigenvalue weighted by molar-refractivity contribution is 0.0370. The van der Waals surface area contributed by atoms with Gasteiger partial charge in [-0.3, -0.25) is 4.90 Å². The van der Waals surface area contributed by atoms with E-state index in [1.54, 1.807) is 7.11 Å². The minimum Gasteiger partial charge on any atom is -0.385 e. The predicted octanol–water partition coefficient (Wildman–Crippen LogP) is 2.38. The Morgan fingerprint density at radius 2 is 1.95 bits per heavy atom. The lowest BCUT2D eigenvalue weighted by Crippen LogP contribution is -2.60. The van der Waals surface area contributed by atoms with E-state index in [1.807, 2.05) is 0 Å². The maximum atomic E-state index is 5.75. The van der Waals surface area contributed by atoms with E-state index in [0.717, 1.165) is 51.8 Å². The third kappa shape index (κ3) is 6.64. The van der Waals surface area contributed by atoms with Gasteiger partial charge in [0.1, 0.15) is 0 Å². The molecular formula is C17H36N2O2. The van der Waals surface area contributed by atoms with Gasteiger partial charge < -0.3 is 14.8 Å². The third-order valence-electron chi connectivity index (χ3n) is 4.75. The van der Waals surface area contributed by atoms with Crippen molar-refractivity contribution >= 4 is 0 Å². The van der Waals surface area contributed by atoms with E-state index in [9.17, 15) is 0 Å². The zero-order valence-corrected chi connectivity index (χ0v) is 14.7. The number of nitrogens with zero attached hydrogens (tertiary/aromatic N) is 1. The molecule has 1 fully saturated rings. The Balaban J connectivity index is 2.37. The van der Waals surface area contributed by atoms with Crippen molar-refractivity contribution in [1.29, 1.82) is 0 Å². The Kier molecular flexibility index (Phi) is 9.49. The van der Waals surface area contributed by atoms with Gasteiger partial charge in [-0.1, -0.05) is 34.1 Å². The van der Waals surface area contributed by atoms with Crippen LogP contribution in [0.1, 0.15) is 40.5 Å². The van der Waals surface area contributed by atoms with Gasteiger partial charge in [-0.2, -0.15) is 0 Å². The summed E-state index contributed by atoms with van der Waals surface area (Å²) >= 11 is 0. The van der Waals surface area contributed by atoms with Gasteiger partial charge in [-0.05, 0) is 18.3 Å². The van der Waals surface area contributed by atoms with Gasteiger partial charge in [0, 0.05) is 52.0 Å². The first-order chi connectivity index (χ1) is 10.1. The van der Waals surface area contributed by atoms with Gasteiger partial charge in [0.25, 0.3) is 0 Å². The smallest absolute Gasteiger partial charge is 0.0593 e. The minimum absolute atomic E-state index is 0.624. The normalized spacial score (nSPS) is 25.4. The van der Waals surface area contributed by atoms with Crippen LogP contribution in [-0.2, 0) is 9.47 Å². The van der Waals surface area contributed by atoms with Crippen molar-refractivity contribution in [3.8, 4) is 0 Å². The van der Waals surface area contributed by atoms with Gasteiger partial charge in [0.05, 0.1) is 6.61 Å². The molecule has 1 rings (SSSR count). The van der Waals surface area contributed by atoms with Gasteiger partial charge in [0.15, 0.2) is 0 Å². The molecule has 126 valence electrons. The van der Waals surface area contributed by atoms with Crippen LogP contribution in [0.2, 0.25) is 0 Å². The van der Waals surface area contributed by atoms with Crippen LogP contribution in [0.25, 0.3) is 0 Å². The molecule has 0 amide bonds. The lowest BCUT2D eigenvalue weighted by Gasteiger charge is -2.44. The van der Waals surface area contributed by atoms with Crippen LogP contribution < -0.4 is 5.32 Å². The second-order valence-corrected chi connectivity index (χ2v) is 6.67. The summed E-state index contributed by atoms with van der Waals surface area (Å²) in [6.45, 7) is 15.0. The highest BCUT2D eigenvalue weighted by atomic mass is 16.5. The first-order valence-corrected chi connectivity index (χ1v) is 8.64. The molecule has 0 bridgehead atoms. The maximum absolute atomic E-state index is 5.75. The number of ether oxygens (including phenoxy) is 2. The summed E-state index contributed by atoms with van der Waals surface area (Å²) in [5, 5.41) is 3.75. The zero-order chi connectivity index (χ0) is 15.7. The molecule has 0 aromatic carbocycles. The molecule has 0 spiro atoms. The van der Waals surface area contributed by atoms with E-state index in [4.69, 9.17) is 9.47 Å². The molecule has 3 atom stereocenters. The Morgan fingerprint density at radius 1 is 1.19 bits per heavy atom. The van der Waals surface area contributed by atoms with E-state index in [2.05, 4.69) is 37.9 Å². The van der Waals surface area contributed by atoms with E-state index >= 15 is 0 Å². The Labute approximate surface area is 131 Å². The van der Waals surface area contributed by atoms with Crippen molar-refractivity contribution in [3.63, 3.8) is 0 Å². The molecule has 0 aromatic rings. The van der Waals surface area contributed by atoms with Crippen LogP contribution in [0.15, 0.2) is 0 Å². The first-order valence-electron chi connectivity index (χ1n) is 8.64. The van der Waals surface area contributed by atoms with Crippen molar-refractivity contribution in [2.75, 3.05) is 46.6 Å². The fraction of sp³-hybridized carbons (Fsp3) is 1.00. The fourth-order valence-corrected chi connectivity index (χ4v) is 3.02. The summed E-state index contributed by atoms with van der Waals surface area (Å²) in [5.41, 5.74) is 0. The molecule has 1 aliphatic rings. The van der Waals surface area contributed by atoms with Gasteiger partial charge in [-0.25, -0.2) is 0 Å². The average molecular weight is 300 g/mol. The quantitative estimate of drug-likeness (QED) is 0.628. The van der Waals surface area contributed by atoms with E-state index in [0.29, 0.717) is 18.0 Å². The fourth-order valence-electron chi connectivity index (χ4n) is 3.02. The number of piperazine rings is 1. The van der Waals surface area contributed by atoms with Crippen LogP contribution in [-0.4, -0.2) is 63.5 Å². The largest absolute Gasteiger partial charge is 0.385 e. The number of hydrogen-bond donors (Lipinski definition) is 1. The molecule has 4 heteroatoms. The SMILES string of the molecule is CCC(C)C1CN(CCOCCCOC)C(C(C)C)CN1. The third-order valence-corrected chi connectivity index (χ3v) is 4.75. The number of hydrogen-bond acceptors (Lipinski definition) is 4. The summed E-state index contributed by atoms with van der Waals surface area (Å²) in [6.07, 6.45) is 2.23. The molecular weight excluding hydrogens is 264 g/mol. The van der Waals surface area contributed by atoms with Crippen molar-refractivity contribution < 1.29 is 9.47 Å². The molecule has 1 aliphatic heterocycles. The average Bonchev–Trinajstić information content (AvgIpc) is 2.49.